The molecule has 1 N–H and O–H groups in total. The molecule has 0 fully saturated rings. The van der Waals surface area contributed by atoms with Crippen LogP contribution in [0.15, 0.2) is 42.5 Å². The summed E-state index contributed by atoms with van der Waals surface area (Å²) in [4.78, 5) is 26.8. The Morgan fingerprint density at radius 2 is 1.73 bits per heavy atom. The summed E-state index contributed by atoms with van der Waals surface area (Å²) in [6.07, 6.45) is 1.43. The Morgan fingerprint density at radius 3 is 2.27 bits per heavy atom. The number of imide groups is 1. The fraction of sp³-hybridized carbons (Fsp3) is 0.250. The summed E-state index contributed by atoms with van der Waals surface area (Å²) in [6, 6.07) is 11.5. The van der Waals surface area contributed by atoms with Gasteiger partial charge in [-0.1, -0.05) is 18.2 Å². The number of amides is 2. The van der Waals surface area contributed by atoms with Crippen LogP contribution < -0.4 is 9.47 Å². The van der Waals surface area contributed by atoms with Gasteiger partial charge in [-0.2, -0.15) is 0 Å². The van der Waals surface area contributed by atoms with Crippen molar-refractivity contribution >= 4 is 18.0 Å². The Balaban J connectivity index is 2.03. The summed E-state index contributed by atoms with van der Waals surface area (Å²) >= 11 is 0. The van der Waals surface area contributed by atoms with E-state index in [9.17, 15) is 9.59 Å². The lowest BCUT2D eigenvalue weighted by atomic mass is 10.0. The van der Waals surface area contributed by atoms with Crippen LogP contribution in [0.3, 0.4) is 0 Å². The highest BCUT2D eigenvalue weighted by Gasteiger charge is 2.40. The highest BCUT2D eigenvalue weighted by molar-refractivity contribution is 6.21. The van der Waals surface area contributed by atoms with Gasteiger partial charge in [-0.05, 0) is 43.0 Å². The summed E-state index contributed by atoms with van der Waals surface area (Å²) in [6.45, 7) is 2.33. The van der Waals surface area contributed by atoms with Crippen molar-refractivity contribution in [3.63, 3.8) is 0 Å². The van der Waals surface area contributed by atoms with Gasteiger partial charge in [0.2, 0.25) is 0 Å². The molecular weight excluding hydrogens is 332 g/mol. The first-order valence-corrected chi connectivity index (χ1v) is 8.39. The summed E-state index contributed by atoms with van der Waals surface area (Å²) in [7, 11) is 1.55. The number of ether oxygens (including phenoxy) is 2. The Kier molecular flexibility index (Phi) is 5.02. The highest BCUT2D eigenvalue weighted by Crippen LogP contribution is 2.37. The van der Waals surface area contributed by atoms with Gasteiger partial charge in [-0.25, -0.2) is 0 Å². The minimum atomic E-state index is -0.579. The van der Waals surface area contributed by atoms with Crippen LogP contribution in [0, 0.1) is 5.41 Å². The van der Waals surface area contributed by atoms with E-state index in [1.165, 1.54) is 11.1 Å². The monoisotopic (exact) mass is 352 g/mol. The molecule has 0 saturated heterocycles. The fourth-order valence-electron chi connectivity index (χ4n) is 3.16. The van der Waals surface area contributed by atoms with Crippen LogP contribution in [0.4, 0.5) is 0 Å². The molecule has 0 radical (unpaired) electrons. The van der Waals surface area contributed by atoms with E-state index in [1.54, 1.807) is 49.6 Å². The van der Waals surface area contributed by atoms with Gasteiger partial charge in [0.15, 0.2) is 11.5 Å². The Hall–Kier alpha value is -3.15. The lowest BCUT2D eigenvalue weighted by molar-refractivity contribution is 0.0587. The van der Waals surface area contributed by atoms with Crippen LogP contribution >= 0.6 is 0 Å². The number of nitrogens with one attached hydrogen (secondary N) is 1. The van der Waals surface area contributed by atoms with E-state index in [0.717, 1.165) is 0 Å². The summed E-state index contributed by atoms with van der Waals surface area (Å²) < 4.78 is 10.9. The van der Waals surface area contributed by atoms with Crippen molar-refractivity contribution in [3.05, 3.63) is 59.2 Å². The molecule has 2 aromatic carbocycles. The van der Waals surface area contributed by atoms with Crippen molar-refractivity contribution in [3.8, 4) is 11.5 Å². The lowest BCUT2D eigenvalue weighted by Gasteiger charge is -2.26. The predicted octanol–water partition coefficient (Wildman–Crippen LogP) is 3.47. The first kappa shape index (κ1) is 17.7. The molecule has 1 aliphatic heterocycles. The summed E-state index contributed by atoms with van der Waals surface area (Å²) in [5.41, 5.74) is 1.50. The third-order valence-corrected chi connectivity index (χ3v) is 4.35. The van der Waals surface area contributed by atoms with Crippen molar-refractivity contribution < 1.29 is 19.1 Å². The summed E-state index contributed by atoms with van der Waals surface area (Å²) in [5.74, 6) is 0.433. The van der Waals surface area contributed by atoms with Crippen molar-refractivity contribution in [2.24, 2.45) is 0 Å². The van der Waals surface area contributed by atoms with Crippen molar-refractivity contribution in [2.45, 2.75) is 19.4 Å². The van der Waals surface area contributed by atoms with E-state index in [2.05, 4.69) is 0 Å². The van der Waals surface area contributed by atoms with E-state index in [4.69, 9.17) is 14.9 Å². The molecule has 1 atom stereocenters. The van der Waals surface area contributed by atoms with Crippen LogP contribution in [-0.4, -0.2) is 36.6 Å². The zero-order valence-corrected chi connectivity index (χ0v) is 14.7. The van der Waals surface area contributed by atoms with E-state index in [0.29, 0.717) is 34.8 Å². The number of nitrogens with zero attached hydrogens (tertiary/aromatic N) is 1. The quantitative estimate of drug-likeness (QED) is 0.611. The minimum absolute atomic E-state index is 0.226. The van der Waals surface area contributed by atoms with Crippen LogP contribution in [0.25, 0.3) is 0 Å². The highest BCUT2D eigenvalue weighted by atomic mass is 16.5. The number of carbonyl (C=O) groups is 2. The molecule has 0 bridgehead atoms. The number of benzene rings is 2. The molecule has 134 valence electrons. The van der Waals surface area contributed by atoms with Crippen molar-refractivity contribution in [2.75, 3.05) is 13.7 Å². The van der Waals surface area contributed by atoms with Crippen molar-refractivity contribution in [1.82, 2.24) is 4.90 Å². The Labute approximate surface area is 151 Å². The number of rotatable bonds is 7. The minimum Gasteiger partial charge on any atom is -0.493 e. The van der Waals surface area contributed by atoms with Gasteiger partial charge >= 0.3 is 0 Å². The van der Waals surface area contributed by atoms with Crippen LogP contribution in [0.2, 0.25) is 0 Å². The molecular formula is C20H20N2O4. The molecule has 6 heteroatoms. The molecule has 0 aromatic heterocycles. The van der Waals surface area contributed by atoms with E-state index < -0.39 is 6.04 Å². The number of fused-ring (bicyclic) bond motifs is 1. The molecule has 3 rings (SSSR count). The molecule has 6 nitrogen and oxygen atoms in total. The van der Waals surface area contributed by atoms with Gasteiger partial charge in [0, 0.05) is 6.42 Å². The SMILES string of the molecule is CCOc1cc(C(CC=N)N2C(=O)c3ccccc3C2=O)ccc1OC. The summed E-state index contributed by atoms with van der Waals surface area (Å²) in [5, 5.41) is 7.52. The first-order valence-electron chi connectivity index (χ1n) is 8.39. The fourth-order valence-corrected chi connectivity index (χ4v) is 3.16. The zero-order chi connectivity index (χ0) is 18.7. The number of hydrogen-bond acceptors (Lipinski definition) is 5. The Bertz CT molecular complexity index is 828. The normalized spacial score (nSPS) is 14.2. The molecule has 2 amide bonds. The van der Waals surface area contributed by atoms with Gasteiger partial charge in [0.1, 0.15) is 0 Å². The van der Waals surface area contributed by atoms with Crippen LogP contribution in [-0.2, 0) is 0 Å². The van der Waals surface area contributed by atoms with Crippen molar-refractivity contribution in [1.29, 1.82) is 5.41 Å². The largest absolute Gasteiger partial charge is 0.493 e. The molecule has 1 aliphatic rings. The molecule has 26 heavy (non-hydrogen) atoms. The Morgan fingerprint density at radius 1 is 1.08 bits per heavy atom. The molecule has 0 saturated carbocycles. The second-order valence-electron chi connectivity index (χ2n) is 5.82. The third-order valence-electron chi connectivity index (χ3n) is 4.35. The average molecular weight is 352 g/mol. The second kappa shape index (κ2) is 7.39. The first-order chi connectivity index (χ1) is 12.6. The standard InChI is InChI=1S/C20H20N2O4/c1-3-26-18-12-13(8-9-17(18)25-2)16(10-11-21)22-19(23)14-6-4-5-7-15(14)20(22)24/h4-9,11-12,16,21H,3,10H2,1-2H3. The maximum absolute atomic E-state index is 12.8. The third kappa shape index (κ3) is 2.94. The van der Waals surface area contributed by atoms with Gasteiger partial charge < -0.3 is 14.9 Å². The van der Waals surface area contributed by atoms with Crippen LogP contribution in [0.1, 0.15) is 45.7 Å². The predicted molar refractivity (Wildman–Crippen MR) is 97.2 cm³/mol. The lowest BCUT2D eigenvalue weighted by Crippen LogP contribution is -2.34. The van der Waals surface area contributed by atoms with Crippen LogP contribution in [0.5, 0.6) is 11.5 Å². The van der Waals surface area contributed by atoms with Gasteiger partial charge in [-0.15, -0.1) is 0 Å². The van der Waals surface area contributed by atoms with E-state index in [-0.39, 0.29) is 18.2 Å². The number of carbonyl (C=O) groups excluding carboxylic acids is 2. The molecule has 0 spiro atoms. The molecule has 1 heterocycles. The zero-order valence-electron chi connectivity index (χ0n) is 14.7. The van der Waals surface area contributed by atoms with E-state index >= 15 is 0 Å². The van der Waals surface area contributed by atoms with E-state index in [1.807, 2.05) is 6.92 Å². The maximum Gasteiger partial charge on any atom is 0.262 e. The smallest absolute Gasteiger partial charge is 0.262 e. The number of hydrogen-bond donors (Lipinski definition) is 1. The van der Waals surface area contributed by atoms with Gasteiger partial charge in [-0.3, -0.25) is 14.5 Å². The second-order valence-corrected chi connectivity index (χ2v) is 5.82. The van der Waals surface area contributed by atoms with Gasteiger partial charge in [0.25, 0.3) is 11.8 Å². The maximum atomic E-state index is 12.8. The van der Waals surface area contributed by atoms with Gasteiger partial charge in [0.05, 0.1) is 30.9 Å². The topological polar surface area (TPSA) is 79.7 Å². The number of methoxy groups -OCH3 is 1. The molecule has 1 unspecified atom stereocenters. The average Bonchev–Trinajstić information content (AvgIpc) is 2.91. The molecule has 2 aromatic rings. The molecule has 0 aliphatic carbocycles.